The van der Waals surface area contributed by atoms with Crippen molar-refractivity contribution < 1.29 is 19.1 Å². The maximum atomic E-state index is 13.1. The van der Waals surface area contributed by atoms with E-state index >= 15 is 0 Å². The van der Waals surface area contributed by atoms with E-state index in [-0.39, 0.29) is 10.7 Å². The molecule has 1 N–H and O–H groups in total. The molecular formula is C25H19IN2O4S. The summed E-state index contributed by atoms with van der Waals surface area (Å²) in [6.07, 6.45) is 1.51. The Labute approximate surface area is 210 Å². The molecule has 0 atom stereocenters. The summed E-state index contributed by atoms with van der Waals surface area (Å²) in [4.78, 5) is 26.9. The lowest BCUT2D eigenvalue weighted by molar-refractivity contribution is -0.122. The van der Waals surface area contributed by atoms with Crippen LogP contribution in [0.25, 0.3) is 6.08 Å². The van der Waals surface area contributed by atoms with E-state index in [9.17, 15) is 9.59 Å². The average Bonchev–Trinajstić information content (AvgIpc) is 2.82. The molecule has 2 amide bonds. The Morgan fingerprint density at radius 3 is 2.42 bits per heavy atom. The van der Waals surface area contributed by atoms with E-state index in [2.05, 4.69) is 27.9 Å². The van der Waals surface area contributed by atoms with E-state index in [4.69, 9.17) is 21.7 Å². The molecule has 8 heteroatoms. The van der Waals surface area contributed by atoms with Gasteiger partial charge in [-0.15, -0.1) is 0 Å². The number of nitrogens with one attached hydrogen (secondary N) is 1. The molecule has 0 saturated carbocycles. The Morgan fingerprint density at radius 1 is 1.00 bits per heavy atom. The van der Waals surface area contributed by atoms with Gasteiger partial charge >= 0.3 is 0 Å². The van der Waals surface area contributed by atoms with Crippen LogP contribution in [0, 0.1) is 3.57 Å². The van der Waals surface area contributed by atoms with Crippen molar-refractivity contribution in [2.24, 2.45) is 0 Å². The average molecular weight is 570 g/mol. The molecule has 4 rings (SSSR count). The molecule has 1 saturated heterocycles. The summed E-state index contributed by atoms with van der Waals surface area (Å²) >= 11 is 7.48. The molecule has 0 radical (unpaired) electrons. The van der Waals surface area contributed by atoms with Crippen molar-refractivity contribution in [2.75, 3.05) is 12.0 Å². The van der Waals surface area contributed by atoms with Gasteiger partial charge in [-0.1, -0.05) is 36.4 Å². The van der Waals surface area contributed by atoms with E-state index in [0.29, 0.717) is 29.4 Å². The molecule has 0 spiro atoms. The number of rotatable bonds is 6. The van der Waals surface area contributed by atoms with Crippen LogP contribution in [0.15, 0.2) is 78.4 Å². The minimum Gasteiger partial charge on any atom is -0.493 e. The monoisotopic (exact) mass is 570 g/mol. The van der Waals surface area contributed by atoms with E-state index in [1.807, 2.05) is 30.3 Å². The smallest absolute Gasteiger partial charge is 0.270 e. The number of thiocarbonyl (C=S) groups is 1. The van der Waals surface area contributed by atoms with E-state index in [1.165, 1.54) is 18.1 Å². The number of carbonyl (C=O) groups is 2. The number of amides is 2. The quantitative estimate of drug-likeness (QED) is 0.201. The second-order valence-electron chi connectivity index (χ2n) is 7.12. The highest BCUT2D eigenvalue weighted by Crippen LogP contribution is 2.30. The first-order valence-corrected chi connectivity index (χ1v) is 11.5. The molecular weight excluding hydrogens is 551 g/mol. The summed E-state index contributed by atoms with van der Waals surface area (Å²) in [5, 5.41) is 2.63. The predicted molar refractivity (Wildman–Crippen MR) is 139 cm³/mol. The number of benzene rings is 3. The van der Waals surface area contributed by atoms with Crippen molar-refractivity contribution in [3.8, 4) is 11.5 Å². The van der Waals surface area contributed by atoms with Crippen LogP contribution in [0.1, 0.15) is 11.1 Å². The molecule has 3 aromatic carbocycles. The third-order valence-corrected chi connectivity index (χ3v) is 5.93. The molecule has 3 aromatic rings. The molecule has 0 aliphatic carbocycles. The van der Waals surface area contributed by atoms with E-state index < -0.39 is 11.8 Å². The van der Waals surface area contributed by atoms with Gasteiger partial charge in [-0.05, 0) is 88.4 Å². The van der Waals surface area contributed by atoms with Gasteiger partial charge in [-0.3, -0.25) is 19.8 Å². The van der Waals surface area contributed by atoms with Crippen LogP contribution < -0.4 is 19.7 Å². The van der Waals surface area contributed by atoms with Crippen molar-refractivity contribution in [3.05, 3.63) is 93.1 Å². The van der Waals surface area contributed by atoms with Crippen LogP contribution in [-0.2, 0) is 16.2 Å². The number of methoxy groups -OCH3 is 1. The minimum absolute atomic E-state index is 0.0259. The number of hydrogen-bond acceptors (Lipinski definition) is 5. The molecule has 0 bridgehead atoms. The van der Waals surface area contributed by atoms with Gasteiger partial charge in [0.05, 0.1) is 12.8 Å². The fourth-order valence-corrected chi connectivity index (χ4v) is 3.91. The lowest BCUT2D eigenvalue weighted by Gasteiger charge is -2.28. The summed E-state index contributed by atoms with van der Waals surface area (Å²) in [5.41, 5.74) is 2.20. The van der Waals surface area contributed by atoms with Gasteiger partial charge in [-0.2, -0.15) is 0 Å². The number of nitrogens with zero attached hydrogens (tertiary/aromatic N) is 1. The Hall–Kier alpha value is -3.24. The number of hydrogen-bond donors (Lipinski definition) is 1. The number of carbonyl (C=O) groups excluding carboxylic acids is 2. The van der Waals surface area contributed by atoms with Crippen molar-refractivity contribution in [1.29, 1.82) is 0 Å². The number of anilines is 1. The summed E-state index contributed by atoms with van der Waals surface area (Å²) in [5.74, 6) is 0.0156. The Balaban J connectivity index is 1.58. The summed E-state index contributed by atoms with van der Waals surface area (Å²) in [6.45, 7) is 0.387. The van der Waals surface area contributed by atoms with Gasteiger partial charge in [0.25, 0.3) is 11.8 Å². The van der Waals surface area contributed by atoms with Crippen LogP contribution in [0.2, 0.25) is 0 Å². The van der Waals surface area contributed by atoms with Crippen LogP contribution in [0.4, 0.5) is 5.69 Å². The SMILES string of the molecule is COc1cc(/C=C2\C(=O)NC(=S)N(c3ccccc3)C2=O)ccc1OCc1ccc(I)cc1. The number of para-hydroxylation sites is 1. The summed E-state index contributed by atoms with van der Waals surface area (Å²) < 4.78 is 12.5. The first-order valence-electron chi connectivity index (χ1n) is 9.98. The molecule has 6 nitrogen and oxygen atoms in total. The number of ether oxygens (including phenoxy) is 2. The van der Waals surface area contributed by atoms with E-state index in [0.717, 1.165) is 9.13 Å². The molecule has 1 heterocycles. The van der Waals surface area contributed by atoms with Crippen LogP contribution in [0.5, 0.6) is 11.5 Å². The fourth-order valence-electron chi connectivity index (χ4n) is 3.27. The molecule has 33 heavy (non-hydrogen) atoms. The van der Waals surface area contributed by atoms with Gasteiger partial charge in [-0.25, -0.2) is 0 Å². The normalized spacial score (nSPS) is 14.9. The third kappa shape index (κ3) is 5.23. The summed E-state index contributed by atoms with van der Waals surface area (Å²) in [7, 11) is 1.54. The van der Waals surface area contributed by atoms with Crippen LogP contribution in [0.3, 0.4) is 0 Å². The second-order valence-corrected chi connectivity index (χ2v) is 8.75. The molecule has 0 aromatic heterocycles. The van der Waals surface area contributed by atoms with Gasteiger partial charge < -0.3 is 9.47 Å². The number of halogens is 1. The minimum atomic E-state index is -0.546. The van der Waals surface area contributed by atoms with Crippen LogP contribution >= 0.6 is 34.8 Å². The van der Waals surface area contributed by atoms with E-state index in [1.54, 1.807) is 42.5 Å². The maximum Gasteiger partial charge on any atom is 0.270 e. The first kappa shape index (κ1) is 22.9. The highest BCUT2D eigenvalue weighted by Gasteiger charge is 2.34. The zero-order valence-corrected chi connectivity index (χ0v) is 20.6. The van der Waals surface area contributed by atoms with Crippen LogP contribution in [-0.4, -0.2) is 24.0 Å². The summed E-state index contributed by atoms with van der Waals surface area (Å²) in [6, 6.07) is 22.2. The highest BCUT2D eigenvalue weighted by molar-refractivity contribution is 14.1. The van der Waals surface area contributed by atoms with Crippen molar-refractivity contribution in [1.82, 2.24) is 5.32 Å². The van der Waals surface area contributed by atoms with Crippen molar-refractivity contribution >= 4 is 63.5 Å². The van der Waals surface area contributed by atoms with Gasteiger partial charge in [0, 0.05) is 3.57 Å². The molecule has 1 fully saturated rings. The molecule has 0 unspecified atom stereocenters. The zero-order chi connectivity index (χ0) is 23.4. The third-order valence-electron chi connectivity index (χ3n) is 4.92. The Kier molecular flexibility index (Phi) is 7.05. The Morgan fingerprint density at radius 2 is 1.73 bits per heavy atom. The fraction of sp³-hybridized carbons (Fsp3) is 0.0800. The van der Waals surface area contributed by atoms with Crippen molar-refractivity contribution in [3.63, 3.8) is 0 Å². The zero-order valence-electron chi connectivity index (χ0n) is 17.6. The van der Waals surface area contributed by atoms with Gasteiger partial charge in [0.2, 0.25) is 0 Å². The second kappa shape index (κ2) is 10.1. The molecule has 1 aliphatic heterocycles. The molecule has 1 aliphatic rings. The molecule has 166 valence electrons. The van der Waals surface area contributed by atoms with Crippen molar-refractivity contribution in [2.45, 2.75) is 6.61 Å². The lowest BCUT2D eigenvalue weighted by Crippen LogP contribution is -2.54. The predicted octanol–water partition coefficient (Wildman–Crippen LogP) is 4.71. The van der Waals surface area contributed by atoms with Gasteiger partial charge in [0.1, 0.15) is 12.2 Å². The Bertz CT molecular complexity index is 1240. The standard InChI is InChI=1S/C25H19IN2O4S/c1-31-22-14-17(9-12-21(22)32-15-16-7-10-18(26)11-8-16)13-20-23(29)27-25(33)28(24(20)30)19-5-3-2-4-6-19/h2-14H,15H2,1H3,(H,27,29,33)/b20-13+. The topological polar surface area (TPSA) is 67.9 Å². The highest BCUT2D eigenvalue weighted by atomic mass is 127. The van der Waals surface area contributed by atoms with Gasteiger partial charge in [0.15, 0.2) is 16.6 Å². The lowest BCUT2D eigenvalue weighted by atomic mass is 10.1. The maximum absolute atomic E-state index is 13.1. The largest absolute Gasteiger partial charge is 0.493 e. The first-order chi connectivity index (χ1) is 16.0.